The first-order chi connectivity index (χ1) is 8.16. The quantitative estimate of drug-likeness (QED) is 0.881. The molecule has 0 radical (unpaired) electrons. The van der Waals surface area contributed by atoms with Gasteiger partial charge in [0.25, 0.3) is 0 Å². The van der Waals surface area contributed by atoms with E-state index in [2.05, 4.69) is 4.98 Å². The van der Waals surface area contributed by atoms with Gasteiger partial charge in [-0.05, 0) is 42.3 Å². The normalized spacial score (nSPS) is 12.4. The molecule has 0 fully saturated rings. The molecule has 1 heterocycles. The number of nitrogens with zero attached hydrogens (tertiary/aromatic N) is 1. The van der Waals surface area contributed by atoms with E-state index in [9.17, 15) is 9.50 Å². The van der Waals surface area contributed by atoms with Crippen molar-refractivity contribution >= 4 is 0 Å². The molecule has 1 aromatic carbocycles. The molecule has 1 N–H and O–H groups in total. The highest BCUT2D eigenvalue weighted by molar-refractivity contribution is 5.29. The second-order valence-corrected chi connectivity index (χ2v) is 4.04. The lowest BCUT2D eigenvalue weighted by Crippen LogP contribution is -2.05. The zero-order valence-electron chi connectivity index (χ0n) is 9.60. The van der Waals surface area contributed by atoms with Gasteiger partial charge in [-0.2, -0.15) is 0 Å². The Kier molecular flexibility index (Phi) is 3.49. The summed E-state index contributed by atoms with van der Waals surface area (Å²) in [5, 5.41) is 10.1. The molecule has 0 saturated carbocycles. The van der Waals surface area contributed by atoms with Gasteiger partial charge in [0.1, 0.15) is 5.82 Å². The first-order valence-electron chi connectivity index (χ1n) is 5.51. The van der Waals surface area contributed by atoms with E-state index in [0.717, 1.165) is 11.3 Å². The second-order valence-electron chi connectivity index (χ2n) is 4.04. The van der Waals surface area contributed by atoms with E-state index in [1.807, 2.05) is 25.1 Å². The summed E-state index contributed by atoms with van der Waals surface area (Å²) in [6.45, 7) is 1.86. The predicted molar refractivity (Wildman–Crippen MR) is 64.0 cm³/mol. The Morgan fingerprint density at radius 2 is 2.12 bits per heavy atom. The van der Waals surface area contributed by atoms with Crippen LogP contribution in [0.3, 0.4) is 0 Å². The van der Waals surface area contributed by atoms with Gasteiger partial charge in [-0.25, -0.2) is 4.39 Å². The predicted octanol–water partition coefficient (Wildman–Crippen LogP) is 2.81. The summed E-state index contributed by atoms with van der Waals surface area (Å²) in [6, 6.07) is 9.98. The maximum atomic E-state index is 13.1. The van der Waals surface area contributed by atoms with E-state index in [1.165, 1.54) is 12.1 Å². The van der Waals surface area contributed by atoms with Crippen molar-refractivity contribution in [2.75, 3.05) is 0 Å². The van der Waals surface area contributed by atoms with Crippen LogP contribution in [-0.2, 0) is 6.42 Å². The zero-order valence-corrected chi connectivity index (χ0v) is 9.60. The Bertz CT molecular complexity index is 499. The van der Waals surface area contributed by atoms with Crippen molar-refractivity contribution in [3.05, 3.63) is 65.2 Å². The number of halogens is 1. The van der Waals surface area contributed by atoms with Crippen LogP contribution >= 0.6 is 0 Å². The van der Waals surface area contributed by atoms with Crippen LogP contribution in [0.15, 0.2) is 42.6 Å². The number of pyridine rings is 1. The minimum atomic E-state index is -0.722. The van der Waals surface area contributed by atoms with Gasteiger partial charge in [-0.1, -0.05) is 12.1 Å². The molecule has 0 saturated heterocycles. The van der Waals surface area contributed by atoms with Crippen LogP contribution < -0.4 is 0 Å². The molecule has 2 nitrogen and oxygen atoms in total. The summed E-state index contributed by atoms with van der Waals surface area (Å²) in [6.07, 6.45) is 1.35. The van der Waals surface area contributed by atoms with Crippen molar-refractivity contribution in [2.24, 2.45) is 0 Å². The van der Waals surface area contributed by atoms with Gasteiger partial charge in [0, 0.05) is 18.3 Å². The number of aliphatic hydroxyl groups excluding tert-OH is 1. The lowest BCUT2D eigenvalue weighted by Gasteiger charge is -2.13. The average molecular weight is 231 g/mol. The average Bonchev–Trinajstić information content (AvgIpc) is 2.33. The van der Waals surface area contributed by atoms with Gasteiger partial charge < -0.3 is 5.11 Å². The summed E-state index contributed by atoms with van der Waals surface area (Å²) in [5.74, 6) is -0.328. The largest absolute Gasteiger partial charge is 0.388 e. The molecule has 0 amide bonds. The van der Waals surface area contributed by atoms with Gasteiger partial charge in [0.05, 0.1) is 6.10 Å². The van der Waals surface area contributed by atoms with Crippen molar-refractivity contribution in [1.82, 2.24) is 4.98 Å². The second kappa shape index (κ2) is 5.06. The molecule has 1 unspecified atom stereocenters. The highest BCUT2D eigenvalue weighted by Crippen LogP contribution is 2.21. The fourth-order valence-electron chi connectivity index (χ4n) is 1.80. The first-order valence-corrected chi connectivity index (χ1v) is 5.51. The maximum Gasteiger partial charge on any atom is 0.123 e. The molecule has 1 aromatic heterocycles. The summed E-state index contributed by atoms with van der Waals surface area (Å²) in [7, 11) is 0. The molecule has 0 aliphatic carbocycles. The molecule has 88 valence electrons. The lowest BCUT2D eigenvalue weighted by atomic mass is 9.99. The SMILES string of the molecule is Cc1ccc(F)cc1C(O)Cc1ccccn1. The van der Waals surface area contributed by atoms with Crippen LogP contribution in [0, 0.1) is 12.7 Å². The van der Waals surface area contributed by atoms with Gasteiger partial charge in [0.15, 0.2) is 0 Å². The molecule has 0 aliphatic rings. The monoisotopic (exact) mass is 231 g/mol. The number of aliphatic hydroxyl groups is 1. The summed E-state index contributed by atoms with van der Waals surface area (Å²) in [4.78, 5) is 4.14. The van der Waals surface area contributed by atoms with Crippen molar-refractivity contribution < 1.29 is 9.50 Å². The highest BCUT2D eigenvalue weighted by Gasteiger charge is 2.12. The molecule has 2 rings (SSSR count). The van der Waals surface area contributed by atoms with Crippen molar-refractivity contribution in [2.45, 2.75) is 19.4 Å². The third kappa shape index (κ3) is 2.88. The van der Waals surface area contributed by atoms with E-state index in [4.69, 9.17) is 0 Å². The molecule has 0 aliphatic heterocycles. The first kappa shape index (κ1) is 11.7. The molecular formula is C14H14FNO. The summed E-state index contributed by atoms with van der Waals surface area (Å²) in [5.41, 5.74) is 2.30. The Morgan fingerprint density at radius 3 is 2.82 bits per heavy atom. The van der Waals surface area contributed by atoms with E-state index in [1.54, 1.807) is 12.3 Å². The minimum Gasteiger partial charge on any atom is -0.388 e. The standard InChI is InChI=1S/C14H14FNO/c1-10-5-6-11(15)8-13(10)14(17)9-12-4-2-3-7-16-12/h2-8,14,17H,9H2,1H3. The van der Waals surface area contributed by atoms with Gasteiger partial charge >= 0.3 is 0 Å². The van der Waals surface area contributed by atoms with Gasteiger partial charge in [0.2, 0.25) is 0 Å². The number of aryl methyl sites for hydroxylation is 1. The van der Waals surface area contributed by atoms with Gasteiger partial charge in [-0.3, -0.25) is 4.98 Å². The molecule has 2 aromatic rings. The summed E-state index contributed by atoms with van der Waals surface area (Å²) >= 11 is 0. The fraction of sp³-hybridized carbons (Fsp3) is 0.214. The number of hydrogen-bond acceptors (Lipinski definition) is 2. The Hall–Kier alpha value is -1.74. The van der Waals surface area contributed by atoms with Crippen LogP contribution in [0.1, 0.15) is 22.9 Å². The Balaban J connectivity index is 2.20. The minimum absolute atomic E-state index is 0.328. The number of rotatable bonds is 3. The van der Waals surface area contributed by atoms with E-state index in [0.29, 0.717) is 12.0 Å². The molecule has 3 heteroatoms. The van der Waals surface area contributed by atoms with Crippen LogP contribution in [0.4, 0.5) is 4.39 Å². The molecular weight excluding hydrogens is 217 g/mol. The number of hydrogen-bond donors (Lipinski definition) is 1. The van der Waals surface area contributed by atoms with E-state index in [-0.39, 0.29) is 5.82 Å². The van der Waals surface area contributed by atoms with Crippen molar-refractivity contribution in [1.29, 1.82) is 0 Å². The van der Waals surface area contributed by atoms with Crippen LogP contribution in [-0.4, -0.2) is 10.1 Å². The summed E-state index contributed by atoms with van der Waals surface area (Å²) < 4.78 is 13.1. The number of benzene rings is 1. The molecule has 0 bridgehead atoms. The fourth-order valence-corrected chi connectivity index (χ4v) is 1.80. The molecule has 17 heavy (non-hydrogen) atoms. The van der Waals surface area contributed by atoms with Crippen molar-refractivity contribution in [3.8, 4) is 0 Å². The van der Waals surface area contributed by atoms with Gasteiger partial charge in [-0.15, -0.1) is 0 Å². The van der Waals surface area contributed by atoms with Crippen LogP contribution in [0.5, 0.6) is 0 Å². The third-order valence-corrected chi connectivity index (χ3v) is 2.73. The lowest BCUT2D eigenvalue weighted by molar-refractivity contribution is 0.176. The topological polar surface area (TPSA) is 33.1 Å². The Labute approximate surface area is 99.8 Å². The Morgan fingerprint density at radius 1 is 1.29 bits per heavy atom. The highest BCUT2D eigenvalue weighted by atomic mass is 19.1. The van der Waals surface area contributed by atoms with Crippen LogP contribution in [0.25, 0.3) is 0 Å². The molecule has 0 spiro atoms. The number of aromatic nitrogens is 1. The van der Waals surface area contributed by atoms with Crippen molar-refractivity contribution in [3.63, 3.8) is 0 Å². The zero-order chi connectivity index (χ0) is 12.3. The van der Waals surface area contributed by atoms with E-state index < -0.39 is 6.10 Å². The third-order valence-electron chi connectivity index (χ3n) is 2.73. The smallest absolute Gasteiger partial charge is 0.123 e. The molecule has 1 atom stereocenters. The van der Waals surface area contributed by atoms with Crippen LogP contribution in [0.2, 0.25) is 0 Å². The maximum absolute atomic E-state index is 13.1. The van der Waals surface area contributed by atoms with E-state index >= 15 is 0 Å².